The quantitative estimate of drug-likeness (QED) is 0.643. The molecule has 11 heavy (non-hydrogen) atoms. The molecule has 0 atom stereocenters. The Bertz CT molecular complexity index is 257. The summed E-state index contributed by atoms with van der Waals surface area (Å²) in [6, 6.07) is 0. The van der Waals surface area contributed by atoms with Crippen LogP contribution >= 0.6 is 11.3 Å². The number of hydrogen-bond acceptors (Lipinski definition) is 4. The van der Waals surface area contributed by atoms with Gasteiger partial charge in [0.05, 0.1) is 5.01 Å². The van der Waals surface area contributed by atoms with Crippen LogP contribution < -0.4 is 0 Å². The summed E-state index contributed by atoms with van der Waals surface area (Å²) in [6.07, 6.45) is 0. The average Bonchev–Trinajstić information content (AvgIpc) is 2.36. The summed E-state index contributed by atoms with van der Waals surface area (Å²) in [7, 11) is 1.50. The molecule has 0 spiro atoms. The van der Waals surface area contributed by atoms with Crippen LogP contribution in [0.4, 0.5) is 0 Å². The minimum absolute atomic E-state index is 0.0585. The largest absolute Gasteiger partial charge is 0.376 e. The van der Waals surface area contributed by atoms with Crippen molar-refractivity contribution >= 4 is 17.1 Å². The van der Waals surface area contributed by atoms with E-state index in [4.69, 9.17) is 0 Å². The maximum atomic E-state index is 11.1. The summed E-state index contributed by atoms with van der Waals surface area (Å²) >= 11 is 1.47. The Labute approximate surface area is 69.0 Å². The van der Waals surface area contributed by atoms with Gasteiger partial charge < -0.3 is 4.74 Å². The first-order chi connectivity index (χ1) is 5.24. The van der Waals surface area contributed by atoms with E-state index in [9.17, 15) is 4.79 Å². The Morgan fingerprint density at radius 3 is 3.00 bits per heavy atom. The van der Waals surface area contributed by atoms with Gasteiger partial charge in [0.15, 0.2) is 0 Å². The summed E-state index contributed by atoms with van der Waals surface area (Å²) in [4.78, 5) is 15.1. The van der Waals surface area contributed by atoms with E-state index in [1.54, 1.807) is 5.38 Å². The molecule has 0 aromatic carbocycles. The average molecular weight is 171 g/mol. The minimum Gasteiger partial charge on any atom is -0.376 e. The number of aromatic nitrogens is 1. The van der Waals surface area contributed by atoms with Crippen LogP contribution in [0.2, 0.25) is 0 Å². The molecule has 3 nitrogen and oxygen atoms in total. The number of hydrogen-bond donors (Lipinski definition) is 0. The number of rotatable bonds is 3. The summed E-state index contributed by atoms with van der Waals surface area (Å²) in [5.41, 5.74) is 0.509. The van der Waals surface area contributed by atoms with E-state index >= 15 is 0 Å². The molecule has 1 rings (SSSR count). The van der Waals surface area contributed by atoms with E-state index in [1.807, 2.05) is 6.92 Å². The van der Waals surface area contributed by atoms with Gasteiger partial charge in [0.2, 0.25) is 5.78 Å². The second-order valence-electron chi connectivity index (χ2n) is 2.11. The van der Waals surface area contributed by atoms with Gasteiger partial charge in [-0.3, -0.25) is 4.79 Å². The fourth-order valence-corrected chi connectivity index (χ4v) is 1.31. The molecule has 60 valence electrons. The molecule has 0 aliphatic heterocycles. The molecule has 1 aromatic heterocycles. The minimum atomic E-state index is -0.0585. The maximum Gasteiger partial charge on any atom is 0.207 e. The smallest absolute Gasteiger partial charge is 0.207 e. The van der Waals surface area contributed by atoms with Crippen molar-refractivity contribution in [3.63, 3.8) is 0 Å². The van der Waals surface area contributed by atoms with Crippen LogP contribution in [0.1, 0.15) is 15.5 Å². The van der Waals surface area contributed by atoms with Crippen LogP contribution in [0.15, 0.2) is 5.38 Å². The fourth-order valence-electron chi connectivity index (χ4n) is 0.697. The van der Waals surface area contributed by atoms with E-state index in [0.29, 0.717) is 5.69 Å². The molecule has 0 unspecified atom stereocenters. The molecule has 1 aromatic rings. The lowest BCUT2D eigenvalue weighted by atomic mass is 10.3. The number of ether oxygens (including phenoxy) is 1. The summed E-state index contributed by atoms with van der Waals surface area (Å²) in [5.74, 6) is -0.0585. The highest BCUT2D eigenvalue weighted by atomic mass is 32.1. The van der Waals surface area contributed by atoms with E-state index in [2.05, 4.69) is 9.72 Å². The van der Waals surface area contributed by atoms with Crippen molar-refractivity contribution in [1.82, 2.24) is 4.98 Å². The van der Waals surface area contributed by atoms with Gasteiger partial charge >= 0.3 is 0 Å². The molecule has 0 radical (unpaired) electrons. The van der Waals surface area contributed by atoms with Crippen molar-refractivity contribution in [2.75, 3.05) is 13.7 Å². The molecule has 0 aliphatic rings. The number of aryl methyl sites for hydroxylation is 1. The van der Waals surface area contributed by atoms with Crippen molar-refractivity contribution in [2.24, 2.45) is 0 Å². The zero-order valence-electron chi connectivity index (χ0n) is 6.46. The number of nitrogens with zero attached hydrogens (tertiary/aromatic N) is 1. The lowest BCUT2D eigenvalue weighted by molar-refractivity contribution is 0.0843. The van der Waals surface area contributed by atoms with Crippen molar-refractivity contribution in [1.29, 1.82) is 0 Å². The van der Waals surface area contributed by atoms with Gasteiger partial charge in [-0.15, -0.1) is 11.3 Å². The van der Waals surface area contributed by atoms with E-state index in [0.717, 1.165) is 5.01 Å². The molecule has 0 N–H and O–H groups in total. The van der Waals surface area contributed by atoms with E-state index in [-0.39, 0.29) is 12.4 Å². The third-order valence-electron chi connectivity index (χ3n) is 1.18. The third-order valence-corrected chi connectivity index (χ3v) is 1.95. The topological polar surface area (TPSA) is 39.2 Å². The van der Waals surface area contributed by atoms with Crippen molar-refractivity contribution in [2.45, 2.75) is 6.92 Å². The first kappa shape index (κ1) is 8.36. The molecule has 1 heterocycles. The zero-order valence-corrected chi connectivity index (χ0v) is 7.27. The lowest BCUT2D eigenvalue weighted by Gasteiger charge is -1.92. The van der Waals surface area contributed by atoms with Crippen LogP contribution in [0.25, 0.3) is 0 Å². The molecule has 0 fully saturated rings. The highest BCUT2D eigenvalue weighted by molar-refractivity contribution is 7.09. The predicted molar refractivity (Wildman–Crippen MR) is 43.1 cm³/mol. The maximum absolute atomic E-state index is 11.1. The summed E-state index contributed by atoms with van der Waals surface area (Å²) in [6.45, 7) is 1.98. The van der Waals surface area contributed by atoms with Gasteiger partial charge in [-0.25, -0.2) is 4.98 Å². The van der Waals surface area contributed by atoms with E-state index < -0.39 is 0 Å². The van der Waals surface area contributed by atoms with Gasteiger partial charge in [-0.1, -0.05) is 0 Å². The summed E-state index contributed by atoms with van der Waals surface area (Å²) < 4.78 is 4.68. The second-order valence-corrected chi connectivity index (χ2v) is 3.17. The zero-order chi connectivity index (χ0) is 8.27. The van der Waals surface area contributed by atoms with Crippen LogP contribution in [-0.2, 0) is 4.74 Å². The van der Waals surface area contributed by atoms with Gasteiger partial charge in [-0.05, 0) is 6.92 Å². The highest BCUT2D eigenvalue weighted by Crippen LogP contribution is 2.08. The standard InChI is InChI=1S/C7H9NO2S/c1-5-8-6(4-11-5)7(9)3-10-2/h4H,3H2,1-2H3. The number of carbonyl (C=O) groups is 1. The number of carbonyl (C=O) groups excluding carboxylic acids is 1. The Hall–Kier alpha value is -0.740. The number of methoxy groups -OCH3 is 1. The van der Waals surface area contributed by atoms with Crippen LogP contribution in [0.3, 0.4) is 0 Å². The normalized spacial score (nSPS) is 10.0. The Balaban J connectivity index is 2.69. The fraction of sp³-hybridized carbons (Fsp3) is 0.429. The lowest BCUT2D eigenvalue weighted by Crippen LogP contribution is -2.07. The van der Waals surface area contributed by atoms with Crippen LogP contribution in [0, 0.1) is 6.92 Å². The van der Waals surface area contributed by atoms with E-state index in [1.165, 1.54) is 18.4 Å². The van der Waals surface area contributed by atoms with Gasteiger partial charge in [0.1, 0.15) is 12.3 Å². The van der Waals surface area contributed by atoms with Crippen molar-refractivity contribution in [3.05, 3.63) is 16.1 Å². The Kier molecular flexibility index (Phi) is 2.73. The molecule has 0 aliphatic carbocycles. The highest BCUT2D eigenvalue weighted by Gasteiger charge is 2.07. The third kappa shape index (κ3) is 2.10. The molecule has 4 heteroatoms. The van der Waals surface area contributed by atoms with Crippen molar-refractivity contribution < 1.29 is 9.53 Å². The summed E-state index contributed by atoms with van der Waals surface area (Å²) in [5, 5.41) is 2.65. The van der Waals surface area contributed by atoms with Gasteiger partial charge in [-0.2, -0.15) is 0 Å². The monoisotopic (exact) mass is 171 g/mol. The van der Waals surface area contributed by atoms with Gasteiger partial charge in [0.25, 0.3) is 0 Å². The predicted octanol–water partition coefficient (Wildman–Crippen LogP) is 1.28. The molecular weight excluding hydrogens is 162 g/mol. The first-order valence-corrected chi connectivity index (χ1v) is 4.06. The Morgan fingerprint density at radius 2 is 2.55 bits per heavy atom. The second kappa shape index (κ2) is 3.59. The first-order valence-electron chi connectivity index (χ1n) is 3.18. The number of Topliss-reactive ketones (excluding diaryl/α,β-unsaturated/α-hetero) is 1. The molecule has 0 saturated heterocycles. The molecule has 0 saturated carbocycles. The number of ketones is 1. The molecular formula is C7H9NO2S. The number of thiazole rings is 1. The van der Waals surface area contributed by atoms with Crippen molar-refractivity contribution in [3.8, 4) is 0 Å². The SMILES string of the molecule is COCC(=O)c1csc(C)n1. The van der Waals surface area contributed by atoms with Gasteiger partial charge in [0, 0.05) is 12.5 Å². The van der Waals surface area contributed by atoms with Crippen LogP contribution in [-0.4, -0.2) is 24.5 Å². The molecule has 0 bridgehead atoms. The van der Waals surface area contributed by atoms with Crippen LogP contribution in [0.5, 0.6) is 0 Å². The Morgan fingerprint density at radius 1 is 1.82 bits per heavy atom. The molecule has 0 amide bonds.